The molecule has 1 rings (SSSR count). The molecule has 0 fully saturated rings. The van der Waals surface area contributed by atoms with Gasteiger partial charge in [0.25, 0.3) is 0 Å². The van der Waals surface area contributed by atoms with Gasteiger partial charge in [-0.15, -0.1) is 6.58 Å². The first-order chi connectivity index (χ1) is 11.7. The third-order valence-corrected chi connectivity index (χ3v) is 3.34. The van der Waals surface area contributed by atoms with Gasteiger partial charge in [-0.05, 0) is 25.3 Å². The molecule has 0 saturated carbocycles. The molecule has 0 aliphatic carbocycles. The molecule has 0 amide bonds. The zero-order chi connectivity index (χ0) is 17.6. The van der Waals surface area contributed by atoms with Crippen molar-refractivity contribution in [3.63, 3.8) is 0 Å². The Morgan fingerprint density at radius 3 is 2.88 bits per heavy atom. The van der Waals surface area contributed by atoms with Gasteiger partial charge in [-0.3, -0.25) is 0 Å². The van der Waals surface area contributed by atoms with Crippen LogP contribution in [0.3, 0.4) is 0 Å². The number of aliphatic imine (C=N–C) groups is 1. The molecule has 134 valence electrons. The average molecular weight is 334 g/mol. The zero-order valence-corrected chi connectivity index (χ0v) is 15.1. The Balaban J connectivity index is 2.56. The lowest BCUT2D eigenvalue weighted by Gasteiger charge is -2.21. The van der Waals surface area contributed by atoms with E-state index in [0.29, 0.717) is 25.6 Å². The number of ether oxygens (including phenoxy) is 2. The Kier molecular flexibility index (Phi) is 10.3. The molecule has 24 heavy (non-hydrogen) atoms. The molecule has 6 nitrogen and oxygen atoms in total. The number of allylic oxidation sites excluding steroid dienone is 1. The van der Waals surface area contributed by atoms with E-state index < -0.39 is 0 Å². The van der Waals surface area contributed by atoms with E-state index in [4.69, 9.17) is 9.47 Å². The minimum atomic E-state index is 0.501. The van der Waals surface area contributed by atoms with Gasteiger partial charge in [-0.1, -0.05) is 12.1 Å². The number of rotatable bonds is 11. The Bertz CT molecular complexity index is 488. The number of aromatic nitrogens is 1. The second kappa shape index (κ2) is 12.4. The van der Waals surface area contributed by atoms with E-state index in [1.54, 1.807) is 13.3 Å². The predicted octanol–water partition coefficient (Wildman–Crippen LogP) is 2.47. The molecule has 0 radical (unpaired) electrons. The van der Waals surface area contributed by atoms with Crippen molar-refractivity contribution >= 4 is 5.96 Å². The van der Waals surface area contributed by atoms with E-state index >= 15 is 0 Å². The average Bonchev–Trinajstić information content (AvgIpc) is 2.60. The lowest BCUT2D eigenvalue weighted by molar-refractivity contribution is 0.143. The number of pyridine rings is 1. The van der Waals surface area contributed by atoms with Gasteiger partial charge >= 0.3 is 0 Å². The molecule has 1 N–H and O–H groups in total. The third kappa shape index (κ3) is 7.97. The molecule has 0 unspecified atom stereocenters. The van der Waals surface area contributed by atoms with Gasteiger partial charge in [0, 0.05) is 39.5 Å². The van der Waals surface area contributed by atoms with Crippen LogP contribution in [0.2, 0.25) is 0 Å². The first kappa shape index (κ1) is 20.0. The number of nitrogens with one attached hydrogen (secondary N) is 1. The third-order valence-electron chi connectivity index (χ3n) is 3.34. The Labute approximate surface area is 145 Å². The molecular weight excluding hydrogens is 304 g/mol. The summed E-state index contributed by atoms with van der Waals surface area (Å²) >= 11 is 0. The highest BCUT2D eigenvalue weighted by Crippen LogP contribution is 2.08. The van der Waals surface area contributed by atoms with Crippen LogP contribution in [0.15, 0.2) is 36.0 Å². The van der Waals surface area contributed by atoms with Crippen molar-refractivity contribution in [3.05, 3.63) is 36.5 Å². The summed E-state index contributed by atoms with van der Waals surface area (Å²) in [5.41, 5.74) is 1.05. The summed E-state index contributed by atoms with van der Waals surface area (Å²) in [5, 5.41) is 3.32. The summed E-state index contributed by atoms with van der Waals surface area (Å²) in [5.74, 6) is 1.51. The van der Waals surface area contributed by atoms with Crippen molar-refractivity contribution in [2.45, 2.75) is 26.3 Å². The van der Waals surface area contributed by atoms with Crippen molar-refractivity contribution in [1.29, 1.82) is 0 Å². The highest BCUT2D eigenvalue weighted by Gasteiger charge is 2.05. The van der Waals surface area contributed by atoms with Crippen LogP contribution in [-0.4, -0.2) is 56.3 Å². The number of hydrogen-bond acceptors (Lipinski definition) is 4. The second-order valence-corrected chi connectivity index (χ2v) is 5.37. The number of hydrogen-bond donors (Lipinski definition) is 1. The summed E-state index contributed by atoms with van der Waals surface area (Å²) < 4.78 is 10.4. The molecular formula is C18H30N4O2. The molecule has 0 bridgehead atoms. The Hall–Kier alpha value is -2.08. The lowest BCUT2D eigenvalue weighted by Crippen LogP contribution is -2.39. The summed E-state index contributed by atoms with van der Waals surface area (Å²) in [4.78, 5) is 11.1. The zero-order valence-electron chi connectivity index (χ0n) is 15.1. The van der Waals surface area contributed by atoms with Crippen molar-refractivity contribution in [1.82, 2.24) is 15.2 Å². The van der Waals surface area contributed by atoms with Crippen LogP contribution in [0.5, 0.6) is 5.88 Å². The van der Waals surface area contributed by atoms with Crippen LogP contribution in [0.1, 0.15) is 25.3 Å². The van der Waals surface area contributed by atoms with Gasteiger partial charge in [0.15, 0.2) is 5.96 Å². The summed E-state index contributed by atoms with van der Waals surface area (Å²) in [6, 6.07) is 3.85. The molecule has 1 aromatic heterocycles. The summed E-state index contributed by atoms with van der Waals surface area (Å²) in [6.45, 7) is 9.25. The maximum absolute atomic E-state index is 5.46. The molecule has 6 heteroatoms. The molecule has 1 heterocycles. The normalized spacial score (nSPS) is 11.2. The molecule has 0 aliphatic rings. The molecule has 0 saturated heterocycles. The first-order valence-electron chi connectivity index (χ1n) is 8.38. The van der Waals surface area contributed by atoms with E-state index in [0.717, 1.165) is 37.5 Å². The van der Waals surface area contributed by atoms with Crippen LogP contribution in [0.4, 0.5) is 0 Å². The van der Waals surface area contributed by atoms with Crippen molar-refractivity contribution in [2.75, 3.05) is 40.5 Å². The van der Waals surface area contributed by atoms with Crippen LogP contribution in [0, 0.1) is 0 Å². The highest BCUT2D eigenvalue weighted by atomic mass is 16.5. The number of nitrogens with zero attached hydrogens (tertiary/aromatic N) is 3. The fraction of sp³-hybridized carbons (Fsp3) is 0.556. The monoisotopic (exact) mass is 334 g/mol. The van der Waals surface area contributed by atoms with E-state index in [9.17, 15) is 0 Å². The van der Waals surface area contributed by atoms with Gasteiger partial charge in [0.2, 0.25) is 5.88 Å². The molecule has 0 atom stereocenters. The SMILES string of the molecule is C=CCCCN(C)C(=NCc1ccc(OCCOC)nc1)NCC. The standard InChI is InChI=1S/C18H30N4O2/c1-5-7-8-11-22(3)18(19-6-2)21-15-16-9-10-17(20-14-16)24-13-12-23-4/h5,9-10,14H,1,6-8,11-13,15H2,2-4H3,(H,19,21). The highest BCUT2D eigenvalue weighted by molar-refractivity contribution is 5.79. The fourth-order valence-corrected chi connectivity index (χ4v) is 2.03. The Morgan fingerprint density at radius 2 is 2.25 bits per heavy atom. The first-order valence-corrected chi connectivity index (χ1v) is 8.38. The fourth-order valence-electron chi connectivity index (χ4n) is 2.03. The van der Waals surface area contributed by atoms with E-state index in [2.05, 4.69) is 40.7 Å². The molecule has 0 aromatic carbocycles. The lowest BCUT2D eigenvalue weighted by atomic mass is 10.3. The maximum atomic E-state index is 5.46. The molecule has 1 aromatic rings. The second-order valence-electron chi connectivity index (χ2n) is 5.37. The largest absolute Gasteiger partial charge is 0.475 e. The Morgan fingerprint density at radius 1 is 1.42 bits per heavy atom. The van der Waals surface area contributed by atoms with Gasteiger partial charge in [-0.25, -0.2) is 9.98 Å². The number of unbranched alkanes of at least 4 members (excludes halogenated alkanes) is 1. The van der Waals surface area contributed by atoms with E-state index in [1.165, 1.54) is 0 Å². The minimum absolute atomic E-state index is 0.501. The number of guanidine groups is 1. The van der Waals surface area contributed by atoms with Crippen LogP contribution in [-0.2, 0) is 11.3 Å². The van der Waals surface area contributed by atoms with Crippen LogP contribution < -0.4 is 10.1 Å². The van der Waals surface area contributed by atoms with E-state index in [1.807, 2.05) is 18.2 Å². The number of methoxy groups -OCH3 is 1. The van der Waals surface area contributed by atoms with Gasteiger partial charge in [0.1, 0.15) is 6.61 Å². The van der Waals surface area contributed by atoms with Crippen molar-refractivity contribution < 1.29 is 9.47 Å². The van der Waals surface area contributed by atoms with Gasteiger partial charge in [-0.2, -0.15) is 0 Å². The predicted molar refractivity (Wildman–Crippen MR) is 98.5 cm³/mol. The quantitative estimate of drug-likeness (QED) is 0.292. The summed E-state index contributed by atoms with van der Waals surface area (Å²) in [7, 11) is 3.70. The summed E-state index contributed by atoms with van der Waals surface area (Å²) in [6.07, 6.45) is 5.82. The van der Waals surface area contributed by atoms with Gasteiger partial charge in [0.05, 0.1) is 13.2 Å². The van der Waals surface area contributed by atoms with Crippen LogP contribution in [0.25, 0.3) is 0 Å². The van der Waals surface area contributed by atoms with Gasteiger partial charge < -0.3 is 19.7 Å². The molecule has 0 aliphatic heterocycles. The van der Waals surface area contributed by atoms with Crippen molar-refractivity contribution in [2.24, 2.45) is 4.99 Å². The molecule has 0 spiro atoms. The topological polar surface area (TPSA) is 59.0 Å². The minimum Gasteiger partial charge on any atom is -0.475 e. The van der Waals surface area contributed by atoms with Crippen molar-refractivity contribution in [3.8, 4) is 5.88 Å². The van der Waals surface area contributed by atoms with E-state index in [-0.39, 0.29) is 0 Å². The maximum Gasteiger partial charge on any atom is 0.213 e. The smallest absolute Gasteiger partial charge is 0.213 e. The van der Waals surface area contributed by atoms with Crippen LogP contribution >= 0.6 is 0 Å².